The Morgan fingerprint density at radius 1 is 1.45 bits per heavy atom. The van der Waals surface area contributed by atoms with Crippen LogP contribution in [0.25, 0.3) is 11.4 Å². The number of benzene rings is 1. The molecule has 6 heteroatoms. The molecule has 2 aromatic rings. The molecular formula is C14H15BrFN3O. The van der Waals surface area contributed by atoms with Crippen LogP contribution in [0.4, 0.5) is 4.39 Å². The van der Waals surface area contributed by atoms with Crippen molar-refractivity contribution < 1.29 is 8.91 Å². The molecule has 0 amide bonds. The molecule has 1 aliphatic heterocycles. The van der Waals surface area contributed by atoms with Gasteiger partial charge in [-0.25, -0.2) is 4.39 Å². The highest BCUT2D eigenvalue weighted by atomic mass is 79.9. The quantitative estimate of drug-likeness (QED) is 0.912. The number of rotatable bonds is 2. The van der Waals surface area contributed by atoms with Gasteiger partial charge >= 0.3 is 0 Å². The largest absolute Gasteiger partial charge is 0.338 e. The van der Waals surface area contributed by atoms with E-state index in [0.29, 0.717) is 16.2 Å². The van der Waals surface area contributed by atoms with E-state index in [1.165, 1.54) is 12.1 Å². The lowest BCUT2D eigenvalue weighted by Crippen LogP contribution is -2.41. The van der Waals surface area contributed by atoms with E-state index in [1.54, 1.807) is 6.07 Å². The first-order valence-corrected chi connectivity index (χ1v) is 7.38. The molecule has 1 aromatic carbocycles. The van der Waals surface area contributed by atoms with Gasteiger partial charge in [0.25, 0.3) is 0 Å². The van der Waals surface area contributed by atoms with Gasteiger partial charge in [-0.3, -0.25) is 0 Å². The number of hydrogen-bond donors (Lipinski definition) is 1. The minimum atomic E-state index is -0.298. The first-order valence-electron chi connectivity index (χ1n) is 6.59. The Morgan fingerprint density at radius 2 is 2.30 bits per heavy atom. The average molecular weight is 340 g/mol. The van der Waals surface area contributed by atoms with Gasteiger partial charge in [-0.15, -0.1) is 0 Å². The monoisotopic (exact) mass is 339 g/mol. The van der Waals surface area contributed by atoms with Crippen molar-refractivity contribution in [3.63, 3.8) is 0 Å². The van der Waals surface area contributed by atoms with Gasteiger partial charge in [-0.2, -0.15) is 4.98 Å². The molecule has 1 saturated heterocycles. The van der Waals surface area contributed by atoms with Crippen LogP contribution in [0.1, 0.15) is 25.7 Å². The third-order valence-corrected chi connectivity index (χ3v) is 4.37. The predicted molar refractivity (Wildman–Crippen MR) is 76.8 cm³/mol. The van der Waals surface area contributed by atoms with E-state index < -0.39 is 0 Å². The molecule has 0 bridgehead atoms. The zero-order valence-corrected chi connectivity index (χ0v) is 12.7. The molecule has 1 fully saturated rings. The van der Waals surface area contributed by atoms with E-state index in [9.17, 15) is 4.39 Å². The Morgan fingerprint density at radius 3 is 3.00 bits per heavy atom. The summed E-state index contributed by atoms with van der Waals surface area (Å²) in [7, 11) is 0. The molecule has 2 heterocycles. The fraction of sp³-hybridized carbons (Fsp3) is 0.429. The predicted octanol–water partition coefficient (Wildman–Crippen LogP) is 3.28. The molecule has 1 aromatic heterocycles. The van der Waals surface area contributed by atoms with Gasteiger partial charge in [0.1, 0.15) is 5.82 Å². The molecule has 106 valence electrons. The molecule has 1 aliphatic rings. The van der Waals surface area contributed by atoms with E-state index in [4.69, 9.17) is 4.52 Å². The second kappa shape index (κ2) is 5.26. The lowest BCUT2D eigenvalue weighted by atomic mass is 9.83. The van der Waals surface area contributed by atoms with Crippen LogP contribution in [0.3, 0.4) is 0 Å². The van der Waals surface area contributed by atoms with Gasteiger partial charge in [0.15, 0.2) is 0 Å². The van der Waals surface area contributed by atoms with Gasteiger partial charge in [0.2, 0.25) is 11.7 Å². The van der Waals surface area contributed by atoms with E-state index in [0.717, 1.165) is 31.5 Å². The van der Waals surface area contributed by atoms with Crippen molar-refractivity contribution in [3.8, 4) is 11.4 Å². The zero-order valence-electron chi connectivity index (χ0n) is 11.1. The number of hydrogen-bond acceptors (Lipinski definition) is 4. The molecule has 4 nitrogen and oxygen atoms in total. The fourth-order valence-electron chi connectivity index (χ4n) is 2.49. The highest BCUT2D eigenvalue weighted by Gasteiger charge is 2.34. The smallest absolute Gasteiger partial charge is 0.234 e. The first kappa shape index (κ1) is 13.7. The van der Waals surface area contributed by atoms with Crippen molar-refractivity contribution in [2.24, 2.45) is 0 Å². The zero-order chi connectivity index (χ0) is 14.2. The van der Waals surface area contributed by atoms with Crippen LogP contribution in [0.15, 0.2) is 27.2 Å². The van der Waals surface area contributed by atoms with E-state index in [-0.39, 0.29) is 11.2 Å². The summed E-state index contributed by atoms with van der Waals surface area (Å²) in [5.41, 5.74) is 0.601. The lowest BCUT2D eigenvalue weighted by Gasteiger charge is -2.30. The van der Waals surface area contributed by atoms with Crippen LogP contribution in [0, 0.1) is 5.82 Å². The van der Waals surface area contributed by atoms with E-state index >= 15 is 0 Å². The maximum Gasteiger partial charge on any atom is 0.234 e. The molecule has 0 saturated carbocycles. The average Bonchev–Trinajstić information content (AvgIpc) is 2.90. The topological polar surface area (TPSA) is 51.0 Å². The van der Waals surface area contributed by atoms with Gasteiger partial charge in [-0.05, 0) is 60.4 Å². The van der Waals surface area contributed by atoms with Crippen molar-refractivity contribution in [1.29, 1.82) is 0 Å². The Hall–Kier alpha value is -1.27. The van der Waals surface area contributed by atoms with Crippen LogP contribution >= 0.6 is 15.9 Å². The van der Waals surface area contributed by atoms with Gasteiger partial charge < -0.3 is 9.84 Å². The third-order valence-electron chi connectivity index (χ3n) is 3.71. The summed E-state index contributed by atoms with van der Waals surface area (Å²) in [5.74, 6) is 0.822. The standard InChI is InChI=1S/C14H15BrFN3O/c1-14(5-2-6-17-8-14)13-18-12(19-20-13)10-4-3-9(16)7-11(10)15/h3-4,7,17H,2,5-6,8H2,1H3. The van der Waals surface area contributed by atoms with Crippen LogP contribution in [0.2, 0.25) is 0 Å². The number of nitrogens with zero attached hydrogens (tertiary/aromatic N) is 2. The Labute approximate surface area is 124 Å². The molecular weight excluding hydrogens is 325 g/mol. The Kier molecular flexibility index (Phi) is 3.60. The molecule has 1 N–H and O–H groups in total. The van der Waals surface area contributed by atoms with Crippen molar-refractivity contribution in [3.05, 3.63) is 34.4 Å². The van der Waals surface area contributed by atoms with Crippen molar-refractivity contribution in [2.75, 3.05) is 13.1 Å². The molecule has 0 aliphatic carbocycles. The molecule has 0 spiro atoms. The minimum Gasteiger partial charge on any atom is -0.338 e. The maximum absolute atomic E-state index is 13.1. The van der Waals surface area contributed by atoms with Gasteiger partial charge in [0, 0.05) is 16.6 Å². The molecule has 3 rings (SSSR count). The Bertz CT molecular complexity index is 623. The van der Waals surface area contributed by atoms with Crippen molar-refractivity contribution in [2.45, 2.75) is 25.2 Å². The van der Waals surface area contributed by atoms with E-state index in [2.05, 4.69) is 38.3 Å². The summed E-state index contributed by atoms with van der Waals surface area (Å²) in [6, 6.07) is 4.44. The molecule has 0 radical (unpaired) electrons. The summed E-state index contributed by atoms with van der Waals surface area (Å²) >= 11 is 3.33. The maximum atomic E-state index is 13.1. The highest BCUT2D eigenvalue weighted by molar-refractivity contribution is 9.10. The lowest BCUT2D eigenvalue weighted by molar-refractivity contribution is 0.245. The summed E-state index contributed by atoms with van der Waals surface area (Å²) < 4.78 is 19.2. The number of nitrogens with one attached hydrogen (secondary N) is 1. The number of piperidine rings is 1. The SMILES string of the molecule is CC1(c2nc(-c3ccc(F)cc3Br)no2)CCCNC1. The van der Waals surface area contributed by atoms with Crippen molar-refractivity contribution in [1.82, 2.24) is 15.5 Å². The number of aromatic nitrogens is 2. The molecule has 1 atom stereocenters. The third kappa shape index (κ3) is 2.50. The van der Waals surface area contributed by atoms with Crippen LogP contribution in [-0.2, 0) is 5.41 Å². The van der Waals surface area contributed by atoms with Crippen molar-refractivity contribution >= 4 is 15.9 Å². The van der Waals surface area contributed by atoms with Crippen LogP contribution in [0.5, 0.6) is 0 Å². The summed E-state index contributed by atoms with van der Waals surface area (Å²) in [4.78, 5) is 4.50. The van der Waals surface area contributed by atoms with E-state index in [1.807, 2.05) is 0 Å². The second-order valence-corrected chi connectivity index (χ2v) is 6.24. The number of halogens is 2. The van der Waals surface area contributed by atoms with Crippen LogP contribution < -0.4 is 5.32 Å². The van der Waals surface area contributed by atoms with Crippen LogP contribution in [-0.4, -0.2) is 23.2 Å². The fourth-order valence-corrected chi connectivity index (χ4v) is 3.02. The molecule has 20 heavy (non-hydrogen) atoms. The summed E-state index contributed by atoms with van der Waals surface area (Å²) in [5, 5.41) is 7.39. The second-order valence-electron chi connectivity index (χ2n) is 5.39. The summed E-state index contributed by atoms with van der Waals surface area (Å²) in [6.45, 7) is 3.98. The highest BCUT2D eigenvalue weighted by Crippen LogP contribution is 2.32. The Balaban J connectivity index is 1.93. The summed E-state index contributed by atoms with van der Waals surface area (Å²) in [6.07, 6.45) is 2.11. The first-order chi connectivity index (χ1) is 9.58. The minimum absolute atomic E-state index is 0.129. The normalized spacial score (nSPS) is 22.9. The molecule has 1 unspecified atom stereocenters. The van der Waals surface area contributed by atoms with Gasteiger partial charge in [-0.1, -0.05) is 5.16 Å². The van der Waals surface area contributed by atoms with Gasteiger partial charge in [0.05, 0.1) is 5.41 Å².